The van der Waals surface area contributed by atoms with Gasteiger partial charge in [0.2, 0.25) is 0 Å². The van der Waals surface area contributed by atoms with Crippen molar-refractivity contribution in [1.82, 2.24) is 0 Å². The van der Waals surface area contributed by atoms with Gasteiger partial charge < -0.3 is 10.1 Å². The van der Waals surface area contributed by atoms with Gasteiger partial charge in [-0.3, -0.25) is 4.79 Å². The van der Waals surface area contributed by atoms with Crippen molar-refractivity contribution >= 4 is 39.1 Å². The van der Waals surface area contributed by atoms with Crippen LogP contribution in [0.3, 0.4) is 0 Å². The van der Waals surface area contributed by atoms with Gasteiger partial charge in [-0.15, -0.1) is 0 Å². The molecular formula is C19H20BrClFNO2. The van der Waals surface area contributed by atoms with Crippen molar-refractivity contribution in [2.75, 3.05) is 11.9 Å². The zero-order valence-corrected chi connectivity index (χ0v) is 16.3. The van der Waals surface area contributed by atoms with Gasteiger partial charge >= 0.3 is 0 Å². The molecule has 3 nitrogen and oxygen atoms in total. The minimum Gasteiger partial charge on any atom is -0.493 e. The molecule has 0 spiro atoms. The number of hydrogen-bond acceptors (Lipinski definition) is 2. The first kappa shape index (κ1) is 19.7. The van der Waals surface area contributed by atoms with Crippen LogP contribution in [0.1, 0.15) is 43.0 Å². The van der Waals surface area contributed by atoms with Crippen LogP contribution in [-0.4, -0.2) is 12.5 Å². The second-order valence-electron chi connectivity index (χ2n) is 5.63. The van der Waals surface area contributed by atoms with Gasteiger partial charge in [0.15, 0.2) is 0 Å². The molecule has 2 aromatic rings. The van der Waals surface area contributed by atoms with E-state index >= 15 is 0 Å². The maximum Gasteiger partial charge on any atom is 0.259 e. The molecule has 0 bridgehead atoms. The zero-order valence-electron chi connectivity index (χ0n) is 14.0. The van der Waals surface area contributed by atoms with Crippen molar-refractivity contribution in [3.8, 4) is 5.75 Å². The predicted octanol–water partition coefficient (Wildman–Crippen LogP) is 6.45. The molecule has 2 rings (SSSR count). The second-order valence-corrected chi connectivity index (χ2v) is 6.96. The molecule has 0 aromatic heterocycles. The Morgan fingerprint density at radius 3 is 2.72 bits per heavy atom. The van der Waals surface area contributed by atoms with E-state index in [2.05, 4.69) is 28.2 Å². The average Bonchev–Trinajstić information content (AvgIpc) is 2.59. The standard InChI is InChI=1S/C19H20BrClFNO2/c1-2-3-4-5-10-25-18-9-6-13(20)11-15(18)19(24)23-14-7-8-17(22)16(21)12-14/h6-9,11-12H,2-5,10H2,1H3,(H,23,24). The van der Waals surface area contributed by atoms with Crippen molar-refractivity contribution in [3.63, 3.8) is 0 Å². The van der Waals surface area contributed by atoms with Crippen LogP contribution in [0.25, 0.3) is 0 Å². The summed E-state index contributed by atoms with van der Waals surface area (Å²) in [7, 11) is 0. The monoisotopic (exact) mass is 427 g/mol. The van der Waals surface area contributed by atoms with Crippen LogP contribution in [0.2, 0.25) is 5.02 Å². The Kier molecular flexibility index (Phi) is 7.72. The Morgan fingerprint density at radius 1 is 1.20 bits per heavy atom. The highest BCUT2D eigenvalue weighted by Gasteiger charge is 2.14. The fourth-order valence-corrected chi connectivity index (χ4v) is 2.83. The molecule has 0 radical (unpaired) electrons. The zero-order chi connectivity index (χ0) is 18.2. The molecule has 0 aliphatic heterocycles. The molecule has 0 aliphatic carbocycles. The third kappa shape index (κ3) is 6.01. The Bertz CT molecular complexity index is 739. The van der Waals surface area contributed by atoms with Crippen LogP contribution >= 0.6 is 27.5 Å². The molecule has 0 fully saturated rings. The first-order valence-corrected chi connectivity index (χ1v) is 9.37. The Balaban J connectivity index is 2.09. The van der Waals surface area contributed by atoms with Gasteiger partial charge in [-0.2, -0.15) is 0 Å². The summed E-state index contributed by atoms with van der Waals surface area (Å²) in [6.07, 6.45) is 4.37. The Morgan fingerprint density at radius 2 is 2.00 bits per heavy atom. The van der Waals surface area contributed by atoms with E-state index in [9.17, 15) is 9.18 Å². The van der Waals surface area contributed by atoms with Gasteiger partial charge in [0.25, 0.3) is 5.91 Å². The number of carbonyl (C=O) groups excluding carboxylic acids is 1. The largest absolute Gasteiger partial charge is 0.493 e. The van der Waals surface area contributed by atoms with E-state index in [1.165, 1.54) is 24.6 Å². The van der Waals surface area contributed by atoms with Crippen LogP contribution in [0.15, 0.2) is 40.9 Å². The van der Waals surface area contributed by atoms with E-state index < -0.39 is 5.82 Å². The summed E-state index contributed by atoms with van der Waals surface area (Å²) in [5.41, 5.74) is 0.829. The summed E-state index contributed by atoms with van der Waals surface area (Å²) in [5, 5.41) is 2.67. The smallest absolute Gasteiger partial charge is 0.259 e. The molecule has 25 heavy (non-hydrogen) atoms. The minimum absolute atomic E-state index is 0.0422. The van der Waals surface area contributed by atoms with Gasteiger partial charge in [0, 0.05) is 10.2 Å². The molecule has 1 N–H and O–H groups in total. The van der Waals surface area contributed by atoms with Gasteiger partial charge in [-0.05, 0) is 42.8 Å². The van der Waals surface area contributed by atoms with Crippen LogP contribution < -0.4 is 10.1 Å². The van der Waals surface area contributed by atoms with Crippen molar-refractivity contribution < 1.29 is 13.9 Å². The maximum atomic E-state index is 13.2. The normalized spacial score (nSPS) is 10.6. The molecular weight excluding hydrogens is 409 g/mol. The highest BCUT2D eigenvalue weighted by Crippen LogP contribution is 2.26. The lowest BCUT2D eigenvalue weighted by atomic mass is 10.1. The number of amides is 1. The quantitative estimate of drug-likeness (QED) is 0.490. The fourth-order valence-electron chi connectivity index (χ4n) is 2.29. The molecule has 0 atom stereocenters. The SMILES string of the molecule is CCCCCCOc1ccc(Br)cc1C(=O)Nc1ccc(F)c(Cl)c1. The number of ether oxygens (including phenoxy) is 1. The fraction of sp³-hybridized carbons (Fsp3) is 0.316. The maximum absolute atomic E-state index is 13.2. The van der Waals surface area contributed by atoms with E-state index in [1.54, 1.807) is 12.1 Å². The lowest BCUT2D eigenvalue weighted by molar-refractivity contribution is 0.102. The van der Waals surface area contributed by atoms with Crippen molar-refractivity contribution in [3.05, 3.63) is 57.3 Å². The molecule has 6 heteroatoms. The topological polar surface area (TPSA) is 38.3 Å². The van der Waals surface area contributed by atoms with Crippen LogP contribution in [0.5, 0.6) is 5.75 Å². The highest BCUT2D eigenvalue weighted by molar-refractivity contribution is 9.10. The minimum atomic E-state index is -0.529. The Hall–Kier alpha value is -1.59. The summed E-state index contributed by atoms with van der Waals surface area (Å²) >= 11 is 9.12. The molecule has 2 aromatic carbocycles. The number of halogens is 3. The molecule has 0 heterocycles. The van der Waals surface area contributed by atoms with Crippen LogP contribution in [0.4, 0.5) is 10.1 Å². The molecule has 0 saturated carbocycles. The summed E-state index contributed by atoms with van der Waals surface area (Å²) in [6.45, 7) is 2.71. The van der Waals surface area contributed by atoms with Gasteiger partial charge in [0.1, 0.15) is 11.6 Å². The lowest BCUT2D eigenvalue weighted by Gasteiger charge is -2.12. The Labute approximate surface area is 160 Å². The van der Waals surface area contributed by atoms with Crippen LogP contribution in [-0.2, 0) is 0 Å². The number of nitrogens with one attached hydrogen (secondary N) is 1. The summed E-state index contributed by atoms with van der Waals surface area (Å²) in [6, 6.07) is 9.33. The molecule has 1 amide bonds. The van der Waals surface area contributed by atoms with Crippen molar-refractivity contribution in [2.24, 2.45) is 0 Å². The van der Waals surface area contributed by atoms with E-state index in [0.29, 0.717) is 23.6 Å². The number of unbranched alkanes of at least 4 members (excludes halogenated alkanes) is 3. The van der Waals surface area contributed by atoms with Gasteiger partial charge in [-0.1, -0.05) is 53.7 Å². The van der Waals surface area contributed by atoms with Crippen LogP contribution in [0, 0.1) is 5.82 Å². The highest BCUT2D eigenvalue weighted by atomic mass is 79.9. The molecule has 0 unspecified atom stereocenters. The molecule has 134 valence electrons. The van der Waals surface area contributed by atoms with E-state index in [4.69, 9.17) is 16.3 Å². The lowest BCUT2D eigenvalue weighted by Crippen LogP contribution is -2.14. The van der Waals surface area contributed by atoms with E-state index in [0.717, 1.165) is 23.7 Å². The summed E-state index contributed by atoms with van der Waals surface area (Å²) in [5.74, 6) is -0.351. The van der Waals surface area contributed by atoms with E-state index in [-0.39, 0.29) is 10.9 Å². The van der Waals surface area contributed by atoms with Crippen molar-refractivity contribution in [2.45, 2.75) is 32.6 Å². The number of benzene rings is 2. The molecule has 0 saturated heterocycles. The third-order valence-electron chi connectivity index (χ3n) is 3.62. The number of hydrogen-bond donors (Lipinski definition) is 1. The number of rotatable bonds is 8. The summed E-state index contributed by atoms with van der Waals surface area (Å²) < 4.78 is 19.8. The number of carbonyl (C=O) groups is 1. The van der Waals surface area contributed by atoms with Crippen molar-refractivity contribution in [1.29, 1.82) is 0 Å². The molecule has 0 aliphatic rings. The van der Waals surface area contributed by atoms with E-state index in [1.807, 2.05) is 6.07 Å². The number of anilines is 1. The van der Waals surface area contributed by atoms with Gasteiger partial charge in [-0.25, -0.2) is 4.39 Å². The predicted molar refractivity (Wildman–Crippen MR) is 103 cm³/mol. The first-order chi connectivity index (χ1) is 12.0. The average molecular weight is 429 g/mol. The summed E-state index contributed by atoms with van der Waals surface area (Å²) in [4.78, 5) is 12.6. The third-order valence-corrected chi connectivity index (χ3v) is 4.40. The first-order valence-electron chi connectivity index (χ1n) is 8.20. The van der Waals surface area contributed by atoms with Gasteiger partial charge in [0.05, 0.1) is 17.2 Å². The second kappa shape index (κ2) is 9.78.